The third-order valence-corrected chi connectivity index (χ3v) is 5.41. The first-order valence-electron chi connectivity index (χ1n) is 7.87. The second-order valence-electron chi connectivity index (χ2n) is 6.76. The van der Waals surface area contributed by atoms with Crippen LogP contribution in [0.3, 0.4) is 0 Å². The molecule has 2 atom stereocenters. The van der Waals surface area contributed by atoms with Crippen LogP contribution in [0, 0.1) is 6.92 Å². The number of rotatable bonds is 1. The zero-order valence-corrected chi connectivity index (χ0v) is 12.7. The molecule has 3 heterocycles. The fourth-order valence-corrected chi connectivity index (χ4v) is 4.21. The second kappa shape index (κ2) is 4.55. The van der Waals surface area contributed by atoms with E-state index in [-0.39, 0.29) is 0 Å². The molecule has 4 heteroatoms. The maximum Gasteiger partial charge on any atom is 0.192 e. The minimum atomic E-state index is -0.725. The van der Waals surface area contributed by atoms with Crippen molar-refractivity contribution in [3.8, 4) is 0 Å². The summed E-state index contributed by atoms with van der Waals surface area (Å²) in [5, 5.41) is 11.2. The van der Waals surface area contributed by atoms with Crippen molar-refractivity contribution in [2.75, 3.05) is 7.05 Å². The summed E-state index contributed by atoms with van der Waals surface area (Å²) in [4.78, 5) is 6.80. The van der Waals surface area contributed by atoms with Crippen molar-refractivity contribution in [3.05, 3.63) is 29.7 Å². The predicted octanol–water partition coefficient (Wildman–Crippen LogP) is 2.97. The highest BCUT2D eigenvalue weighted by Gasteiger charge is 2.44. The van der Waals surface area contributed by atoms with E-state index in [4.69, 9.17) is 4.42 Å². The normalized spacial score (nSPS) is 33.5. The van der Waals surface area contributed by atoms with Gasteiger partial charge in [-0.05, 0) is 50.4 Å². The van der Waals surface area contributed by atoms with Gasteiger partial charge < -0.3 is 14.4 Å². The van der Waals surface area contributed by atoms with Crippen LogP contribution in [0.5, 0.6) is 0 Å². The van der Waals surface area contributed by atoms with Gasteiger partial charge in [-0.2, -0.15) is 0 Å². The Kier molecular flexibility index (Phi) is 2.88. The number of nitrogens with zero attached hydrogens (tertiary/aromatic N) is 2. The van der Waals surface area contributed by atoms with Crippen LogP contribution >= 0.6 is 0 Å². The fourth-order valence-electron chi connectivity index (χ4n) is 4.21. The molecule has 0 amide bonds. The Hall–Kier alpha value is -1.39. The zero-order chi connectivity index (χ0) is 14.6. The van der Waals surface area contributed by atoms with Gasteiger partial charge in [-0.3, -0.25) is 0 Å². The van der Waals surface area contributed by atoms with E-state index in [0.717, 1.165) is 29.5 Å². The van der Waals surface area contributed by atoms with Gasteiger partial charge in [0.25, 0.3) is 0 Å². The van der Waals surface area contributed by atoms with E-state index in [2.05, 4.69) is 16.9 Å². The Balaban J connectivity index is 1.72. The Bertz CT molecular complexity index is 664. The number of hydrogen-bond acceptors (Lipinski definition) is 4. The molecule has 2 bridgehead atoms. The number of aromatic nitrogens is 1. The molecule has 2 saturated heterocycles. The molecule has 4 nitrogen and oxygen atoms in total. The Labute approximate surface area is 124 Å². The number of piperidine rings is 2. The van der Waals surface area contributed by atoms with Gasteiger partial charge >= 0.3 is 0 Å². The summed E-state index contributed by atoms with van der Waals surface area (Å²) in [5.41, 5.74) is 1.91. The van der Waals surface area contributed by atoms with Gasteiger partial charge in [-0.25, -0.2) is 4.98 Å². The van der Waals surface area contributed by atoms with Crippen molar-refractivity contribution in [1.29, 1.82) is 0 Å². The van der Waals surface area contributed by atoms with Crippen molar-refractivity contribution >= 4 is 11.1 Å². The zero-order valence-electron chi connectivity index (χ0n) is 12.7. The first-order valence-corrected chi connectivity index (χ1v) is 7.87. The van der Waals surface area contributed by atoms with Crippen molar-refractivity contribution in [1.82, 2.24) is 9.88 Å². The summed E-state index contributed by atoms with van der Waals surface area (Å²) >= 11 is 0. The molecule has 1 N–H and O–H groups in total. The van der Waals surface area contributed by atoms with Crippen LogP contribution in [0.1, 0.15) is 43.6 Å². The highest BCUT2D eigenvalue weighted by molar-refractivity contribution is 5.73. The Morgan fingerprint density at radius 3 is 2.71 bits per heavy atom. The van der Waals surface area contributed by atoms with Crippen LogP contribution in [-0.2, 0) is 5.60 Å². The average Bonchev–Trinajstić information content (AvgIpc) is 2.80. The summed E-state index contributed by atoms with van der Waals surface area (Å²) in [6.45, 7) is 1.86. The van der Waals surface area contributed by atoms with Crippen LogP contribution < -0.4 is 0 Å². The lowest BCUT2D eigenvalue weighted by molar-refractivity contribution is -0.0874. The molecule has 1 aromatic carbocycles. The maximum atomic E-state index is 11.2. The minimum absolute atomic E-state index is 0.495. The van der Waals surface area contributed by atoms with E-state index in [1.807, 2.05) is 25.1 Å². The van der Waals surface area contributed by atoms with Gasteiger partial charge in [0.2, 0.25) is 0 Å². The Morgan fingerprint density at radius 2 is 2.00 bits per heavy atom. The van der Waals surface area contributed by atoms with E-state index in [9.17, 15) is 5.11 Å². The van der Waals surface area contributed by atoms with E-state index >= 15 is 0 Å². The van der Waals surface area contributed by atoms with Gasteiger partial charge in [-0.1, -0.05) is 12.5 Å². The second-order valence-corrected chi connectivity index (χ2v) is 6.76. The van der Waals surface area contributed by atoms with Crippen LogP contribution in [0.15, 0.2) is 22.6 Å². The molecular weight excluding hydrogens is 264 g/mol. The lowest BCUT2D eigenvalue weighted by Crippen LogP contribution is -2.55. The van der Waals surface area contributed by atoms with Crippen LogP contribution in [-0.4, -0.2) is 34.1 Å². The fraction of sp³-hybridized carbons (Fsp3) is 0.588. The number of fused-ring (bicyclic) bond motifs is 3. The van der Waals surface area contributed by atoms with Crippen molar-refractivity contribution in [2.45, 2.75) is 56.7 Å². The lowest BCUT2D eigenvalue weighted by Gasteiger charge is -2.50. The summed E-state index contributed by atoms with van der Waals surface area (Å²) in [7, 11) is 2.21. The summed E-state index contributed by atoms with van der Waals surface area (Å²) < 4.78 is 5.63. The topological polar surface area (TPSA) is 49.5 Å². The third kappa shape index (κ3) is 2.09. The van der Waals surface area contributed by atoms with E-state index in [0.29, 0.717) is 18.0 Å². The quantitative estimate of drug-likeness (QED) is 0.875. The molecule has 2 fully saturated rings. The SMILES string of the molecule is Cc1nc2ccc(C3(O)CC4CCCC(C3)N4C)cc2o1. The smallest absolute Gasteiger partial charge is 0.192 e. The van der Waals surface area contributed by atoms with E-state index in [1.165, 1.54) is 19.3 Å². The van der Waals surface area contributed by atoms with Crippen molar-refractivity contribution in [2.24, 2.45) is 0 Å². The molecule has 0 aliphatic carbocycles. The molecule has 112 valence electrons. The number of benzene rings is 1. The van der Waals surface area contributed by atoms with Crippen LogP contribution in [0.2, 0.25) is 0 Å². The van der Waals surface area contributed by atoms with E-state index in [1.54, 1.807) is 0 Å². The van der Waals surface area contributed by atoms with Gasteiger partial charge in [0.15, 0.2) is 11.5 Å². The highest BCUT2D eigenvalue weighted by atomic mass is 16.3. The standard InChI is InChI=1S/C17H22N2O2/c1-11-18-15-7-6-12(8-16(15)21-11)17(20)9-13-4-3-5-14(10-17)19(13)2/h6-8,13-14,20H,3-5,9-10H2,1-2H3. The highest BCUT2D eigenvalue weighted by Crippen LogP contribution is 2.44. The molecule has 2 aliphatic heterocycles. The molecule has 2 unspecified atom stereocenters. The largest absolute Gasteiger partial charge is 0.441 e. The van der Waals surface area contributed by atoms with Gasteiger partial charge in [0.05, 0.1) is 5.60 Å². The molecular formula is C17H22N2O2. The van der Waals surface area contributed by atoms with Gasteiger partial charge in [-0.15, -0.1) is 0 Å². The Morgan fingerprint density at radius 1 is 1.29 bits per heavy atom. The molecule has 2 aliphatic rings. The maximum absolute atomic E-state index is 11.2. The minimum Gasteiger partial charge on any atom is -0.441 e. The third-order valence-electron chi connectivity index (χ3n) is 5.41. The van der Waals surface area contributed by atoms with E-state index < -0.39 is 5.60 Å². The number of hydrogen-bond donors (Lipinski definition) is 1. The number of oxazole rings is 1. The predicted molar refractivity (Wildman–Crippen MR) is 81.1 cm³/mol. The summed E-state index contributed by atoms with van der Waals surface area (Å²) in [6, 6.07) is 6.96. The van der Waals surface area contributed by atoms with Crippen molar-refractivity contribution < 1.29 is 9.52 Å². The van der Waals surface area contributed by atoms with Crippen molar-refractivity contribution in [3.63, 3.8) is 0 Å². The lowest BCUT2D eigenvalue weighted by atomic mass is 9.73. The first-order chi connectivity index (χ1) is 10.0. The van der Waals surface area contributed by atoms with Gasteiger partial charge in [0, 0.05) is 19.0 Å². The molecule has 2 aromatic rings. The van der Waals surface area contributed by atoms with Crippen LogP contribution in [0.4, 0.5) is 0 Å². The first kappa shape index (κ1) is 13.3. The molecule has 0 saturated carbocycles. The monoisotopic (exact) mass is 286 g/mol. The number of aliphatic hydroxyl groups is 1. The van der Waals surface area contributed by atoms with Gasteiger partial charge in [0.1, 0.15) is 5.52 Å². The molecule has 21 heavy (non-hydrogen) atoms. The molecule has 0 spiro atoms. The number of aryl methyl sites for hydroxylation is 1. The van der Waals surface area contributed by atoms with Crippen LogP contribution in [0.25, 0.3) is 11.1 Å². The summed E-state index contributed by atoms with van der Waals surface area (Å²) in [5.74, 6) is 0.675. The molecule has 0 radical (unpaired) electrons. The molecule has 4 rings (SSSR count). The summed E-state index contributed by atoms with van der Waals surface area (Å²) in [6.07, 6.45) is 5.31. The average molecular weight is 286 g/mol. The molecule has 1 aromatic heterocycles.